The van der Waals surface area contributed by atoms with E-state index in [0.29, 0.717) is 6.61 Å². The highest BCUT2D eigenvalue weighted by atomic mass is 16.6. The lowest BCUT2D eigenvalue weighted by Crippen LogP contribution is -2.48. The SMILES string of the molecule is CC(C)(C)OC(=O)N[C@@H]1COC(C)(C)[C@H]1O. The maximum atomic E-state index is 11.5. The van der Waals surface area contributed by atoms with Gasteiger partial charge in [0.05, 0.1) is 18.2 Å². The summed E-state index contributed by atoms with van der Waals surface area (Å²) in [5.74, 6) is 0. The molecule has 5 heteroatoms. The first-order valence-electron chi connectivity index (χ1n) is 5.43. The summed E-state index contributed by atoms with van der Waals surface area (Å²) < 4.78 is 10.5. The van der Waals surface area contributed by atoms with Crippen molar-refractivity contribution < 1.29 is 19.4 Å². The van der Waals surface area contributed by atoms with Gasteiger partial charge in [-0.3, -0.25) is 0 Å². The van der Waals surface area contributed by atoms with Crippen LogP contribution in [0.2, 0.25) is 0 Å². The van der Waals surface area contributed by atoms with Crippen LogP contribution in [0.15, 0.2) is 0 Å². The average Bonchev–Trinajstić information content (AvgIpc) is 2.28. The van der Waals surface area contributed by atoms with Crippen molar-refractivity contribution in [3.8, 4) is 0 Å². The first-order valence-corrected chi connectivity index (χ1v) is 5.43. The van der Waals surface area contributed by atoms with Gasteiger partial charge >= 0.3 is 6.09 Å². The molecular weight excluding hydrogens is 210 g/mol. The van der Waals surface area contributed by atoms with E-state index >= 15 is 0 Å². The molecule has 0 aromatic heterocycles. The monoisotopic (exact) mass is 231 g/mol. The fraction of sp³-hybridized carbons (Fsp3) is 0.909. The number of amides is 1. The highest BCUT2D eigenvalue weighted by Crippen LogP contribution is 2.25. The number of carbonyl (C=O) groups excluding carboxylic acids is 1. The predicted octanol–water partition coefficient (Wildman–Crippen LogP) is 1.05. The van der Waals surface area contributed by atoms with E-state index in [0.717, 1.165) is 0 Å². The van der Waals surface area contributed by atoms with E-state index in [-0.39, 0.29) is 0 Å². The largest absolute Gasteiger partial charge is 0.444 e. The van der Waals surface area contributed by atoms with Crippen molar-refractivity contribution in [3.63, 3.8) is 0 Å². The molecule has 2 N–H and O–H groups in total. The van der Waals surface area contributed by atoms with Gasteiger partial charge in [-0.2, -0.15) is 0 Å². The molecular formula is C11H21NO4. The summed E-state index contributed by atoms with van der Waals surface area (Å²) in [7, 11) is 0. The zero-order chi connectivity index (χ0) is 12.6. The van der Waals surface area contributed by atoms with Crippen molar-refractivity contribution in [1.29, 1.82) is 0 Å². The van der Waals surface area contributed by atoms with Crippen LogP contribution in [-0.2, 0) is 9.47 Å². The van der Waals surface area contributed by atoms with Crippen LogP contribution in [0.5, 0.6) is 0 Å². The van der Waals surface area contributed by atoms with E-state index in [1.165, 1.54) is 0 Å². The molecule has 0 spiro atoms. The molecule has 0 saturated carbocycles. The summed E-state index contributed by atoms with van der Waals surface area (Å²) in [5, 5.41) is 12.5. The van der Waals surface area contributed by atoms with Gasteiger partial charge in [0.15, 0.2) is 0 Å². The molecule has 0 aromatic rings. The molecule has 1 aliphatic rings. The quantitative estimate of drug-likeness (QED) is 0.708. The molecule has 0 aliphatic carbocycles. The average molecular weight is 231 g/mol. The van der Waals surface area contributed by atoms with Crippen molar-refractivity contribution in [3.05, 3.63) is 0 Å². The Balaban J connectivity index is 2.48. The van der Waals surface area contributed by atoms with Crippen LogP contribution in [0, 0.1) is 0 Å². The van der Waals surface area contributed by atoms with Gasteiger partial charge in [0, 0.05) is 0 Å². The van der Waals surface area contributed by atoms with Crippen LogP contribution < -0.4 is 5.32 Å². The lowest BCUT2D eigenvalue weighted by atomic mass is 9.99. The van der Waals surface area contributed by atoms with Crippen molar-refractivity contribution in [2.75, 3.05) is 6.61 Å². The third-order valence-electron chi connectivity index (χ3n) is 2.43. The molecule has 0 radical (unpaired) electrons. The third kappa shape index (κ3) is 3.35. The Kier molecular flexibility index (Phi) is 3.50. The number of ether oxygens (including phenoxy) is 2. The number of nitrogens with one attached hydrogen (secondary N) is 1. The van der Waals surface area contributed by atoms with Gasteiger partial charge in [0.1, 0.15) is 11.7 Å². The van der Waals surface area contributed by atoms with Gasteiger partial charge in [-0.15, -0.1) is 0 Å². The van der Waals surface area contributed by atoms with Gasteiger partial charge in [0.2, 0.25) is 0 Å². The molecule has 1 fully saturated rings. The second-order valence-corrected chi connectivity index (χ2v) is 5.61. The Hall–Kier alpha value is -0.810. The van der Waals surface area contributed by atoms with Crippen molar-refractivity contribution >= 4 is 6.09 Å². The van der Waals surface area contributed by atoms with Crippen molar-refractivity contribution in [2.24, 2.45) is 0 Å². The smallest absolute Gasteiger partial charge is 0.408 e. The standard InChI is InChI=1S/C11H21NO4/c1-10(2,3)16-9(14)12-7-6-15-11(4,5)8(7)13/h7-8,13H,6H2,1-5H3,(H,12,14)/t7-,8+/m1/s1. The summed E-state index contributed by atoms with van der Waals surface area (Å²) >= 11 is 0. The molecule has 1 saturated heterocycles. The number of hydrogen-bond acceptors (Lipinski definition) is 4. The lowest BCUT2D eigenvalue weighted by Gasteiger charge is -2.25. The minimum Gasteiger partial charge on any atom is -0.444 e. The third-order valence-corrected chi connectivity index (χ3v) is 2.43. The number of hydrogen-bond donors (Lipinski definition) is 2. The van der Waals surface area contributed by atoms with Gasteiger partial charge in [0.25, 0.3) is 0 Å². The minimum absolute atomic E-state index is 0.299. The zero-order valence-corrected chi connectivity index (χ0v) is 10.5. The molecule has 0 bridgehead atoms. The van der Waals surface area contributed by atoms with E-state index in [1.807, 2.05) is 0 Å². The van der Waals surface area contributed by atoms with Crippen LogP contribution in [0.1, 0.15) is 34.6 Å². The second-order valence-electron chi connectivity index (χ2n) is 5.61. The molecule has 16 heavy (non-hydrogen) atoms. The van der Waals surface area contributed by atoms with Crippen LogP contribution in [0.4, 0.5) is 4.79 Å². The van der Waals surface area contributed by atoms with E-state index in [4.69, 9.17) is 9.47 Å². The Labute approximate surface area is 96.1 Å². The second kappa shape index (κ2) is 4.22. The molecule has 94 valence electrons. The van der Waals surface area contributed by atoms with E-state index in [9.17, 15) is 9.90 Å². The van der Waals surface area contributed by atoms with E-state index < -0.39 is 29.4 Å². The molecule has 5 nitrogen and oxygen atoms in total. The highest BCUT2D eigenvalue weighted by molar-refractivity contribution is 5.68. The maximum Gasteiger partial charge on any atom is 0.408 e. The summed E-state index contributed by atoms with van der Waals surface area (Å²) in [5.41, 5.74) is -1.16. The van der Waals surface area contributed by atoms with Gasteiger partial charge in [-0.25, -0.2) is 4.79 Å². The Morgan fingerprint density at radius 3 is 2.44 bits per heavy atom. The topological polar surface area (TPSA) is 67.8 Å². The molecule has 2 atom stereocenters. The number of aliphatic hydroxyl groups excluding tert-OH is 1. The Morgan fingerprint density at radius 1 is 1.50 bits per heavy atom. The maximum absolute atomic E-state index is 11.5. The molecule has 1 heterocycles. The lowest BCUT2D eigenvalue weighted by molar-refractivity contribution is -0.0302. The molecule has 0 unspecified atom stereocenters. The number of alkyl carbamates (subject to hydrolysis) is 1. The molecule has 1 rings (SSSR count). The Morgan fingerprint density at radius 2 is 2.06 bits per heavy atom. The minimum atomic E-state index is -0.722. The molecule has 0 aromatic carbocycles. The highest BCUT2D eigenvalue weighted by Gasteiger charge is 2.43. The summed E-state index contributed by atoms with van der Waals surface area (Å²) in [6.07, 6.45) is -1.25. The van der Waals surface area contributed by atoms with Crippen LogP contribution in [0.3, 0.4) is 0 Å². The van der Waals surface area contributed by atoms with E-state index in [2.05, 4.69) is 5.32 Å². The number of aliphatic hydroxyl groups is 1. The Bertz CT molecular complexity index is 270. The zero-order valence-electron chi connectivity index (χ0n) is 10.5. The van der Waals surface area contributed by atoms with E-state index in [1.54, 1.807) is 34.6 Å². The molecule has 1 amide bonds. The van der Waals surface area contributed by atoms with Crippen LogP contribution >= 0.6 is 0 Å². The first kappa shape index (κ1) is 13.3. The van der Waals surface area contributed by atoms with Crippen LogP contribution in [-0.4, -0.2) is 41.2 Å². The number of rotatable bonds is 1. The summed E-state index contributed by atoms with van der Waals surface area (Å²) in [6, 6.07) is -0.412. The number of carbonyl (C=O) groups is 1. The predicted molar refractivity (Wildman–Crippen MR) is 59.2 cm³/mol. The summed E-state index contributed by atoms with van der Waals surface area (Å²) in [6.45, 7) is 9.24. The normalized spacial score (nSPS) is 28.9. The van der Waals surface area contributed by atoms with Gasteiger partial charge in [-0.1, -0.05) is 0 Å². The van der Waals surface area contributed by atoms with Gasteiger partial charge in [-0.05, 0) is 34.6 Å². The van der Waals surface area contributed by atoms with Crippen molar-refractivity contribution in [2.45, 2.75) is 58.0 Å². The van der Waals surface area contributed by atoms with Gasteiger partial charge < -0.3 is 19.9 Å². The molecule has 1 aliphatic heterocycles. The first-order chi connectivity index (χ1) is 7.12. The summed E-state index contributed by atoms with van der Waals surface area (Å²) in [4.78, 5) is 11.5. The van der Waals surface area contributed by atoms with Crippen LogP contribution in [0.25, 0.3) is 0 Å². The van der Waals surface area contributed by atoms with Crippen molar-refractivity contribution in [1.82, 2.24) is 5.32 Å². The fourth-order valence-electron chi connectivity index (χ4n) is 1.55. The fourth-order valence-corrected chi connectivity index (χ4v) is 1.55.